The summed E-state index contributed by atoms with van der Waals surface area (Å²) in [5.41, 5.74) is 1.18. The van der Waals surface area contributed by atoms with E-state index in [0.29, 0.717) is 6.04 Å². The summed E-state index contributed by atoms with van der Waals surface area (Å²) < 4.78 is 7.70. The van der Waals surface area contributed by atoms with E-state index >= 15 is 0 Å². The summed E-state index contributed by atoms with van der Waals surface area (Å²) >= 11 is 0. The smallest absolute Gasteiger partial charge is 0.143 e. The molecule has 0 aliphatic carbocycles. The molecule has 1 atom stereocenters. The predicted octanol–water partition coefficient (Wildman–Crippen LogP) is 2.60. The molecular weight excluding hydrogens is 212 g/mol. The van der Waals surface area contributed by atoms with E-state index in [1.807, 2.05) is 12.1 Å². The van der Waals surface area contributed by atoms with E-state index in [1.54, 1.807) is 7.11 Å². The van der Waals surface area contributed by atoms with Crippen LogP contribution in [0.1, 0.15) is 6.92 Å². The fourth-order valence-electron chi connectivity index (χ4n) is 1.99. The Bertz CT molecular complexity index is 502. The molecule has 0 aliphatic heterocycles. The molecule has 17 heavy (non-hydrogen) atoms. The first kappa shape index (κ1) is 12.0. The van der Waals surface area contributed by atoms with Crippen LogP contribution in [0.2, 0.25) is 0 Å². The highest BCUT2D eigenvalue weighted by atomic mass is 16.5. The van der Waals surface area contributed by atoms with Gasteiger partial charge in [0.05, 0.1) is 12.6 Å². The molecule has 2 rings (SSSR count). The maximum absolute atomic E-state index is 5.43. The standard InChI is InChI=1S/C14H20N2O/c1-11(15(2)3)10-16-9-8-12-6-5-7-13(17-4)14(12)16/h5-9,11H,10H2,1-4H3/t11-/m1/s1. The van der Waals surface area contributed by atoms with Crippen LogP contribution in [-0.4, -0.2) is 36.7 Å². The Kier molecular flexibility index (Phi) is 3.38. The fourth-order valence-corrected chi connectivity index (χ4v) is 1.99. The summed E-state index contributed by atoms with van der Waals surface area (Å²) in [5.74, 6) is 0.943. The Balaban J connectivity index is 2.41. The molecule has 0 radical (unpaired) electrons. The van der Waals surface area contributed by atoms with Gasteiger partial charge in [-0.2, -0.15) is 0 Å². The zero-order valence-electron chi connectivity index (χ0n) is 11.0. The number of nitrogens with zero attached hydrogens (tertiary/aromatic N) is 2. The largest absolute Gasteiger partial charge is 0.495 e. The molecule has 0 amide bonds. The lowest BCUT2D eigenvalue weighted by Crippen LogP contribution is -2.28. The number of likely N-dealkylation sites (N-methyl/N-ethyl adjacent to an activating group) is 1. The van der Waals surface area contributed by atoms with Crippen molar-refractivity contribution < 1.29 is 4.74 Å². The zero-order chi connectivity index (χ0) is 12.4. The van der Waals surface area contributed by atoms with Gasteiger partial charge in [-0.3, -0.25) is 0 Å². The molecule has 3 heteroatoms. The highest BCUT2D eigenvalue weighted by Gasteiger charge is 2.10. The molecule has 1 aromatic carbocycles. The number of ether oxygens (including phenoxy) is 1. The van der Waals surface area contributed by atoms with E-state index in [1.165, 1.54) is 10.9 Å². The molecule has 0 fully saturated rings. The molecule has 0 bridgehead atoms. The number of aromatic nitrogens is 1. The Morgan fingerprint density at radius 3 is 2.71 bits per heavy atom. The van der Waals surface area contributed by atoms with Crippen molar-refractivity contribution in [1.29, 1.82) is 0 Å². The van der Waals surface area contributed by atoms with Crippen LogP contribution < -0.4 is 4.74 Å². The lowest BCUT2D eigenvalue weighted by molar-refractivity contribution is 0.285. The Morgan fingerprint density at radius 2 is 2.06 bits per heavy atom. The zero-order valence-corrected chi connectivity index (χ0v) is 11.0. The topological polar surface area (TPSA) is 17.4 Å². The van der Waals surface area contributed by atoms with Crippen molar-refractivity contribution in [2.45, 2.75) is 19.5 Å². The van der Waals surface area contributed by atoms with Gasteiger partial charge in [-0.25, -0.2) is 0 Å². The Hall–Kier alpha value is -1.48. The second-order valence-electron chi connectivity index (χ2n) is 4.68. The molecule has 0 N–H and O–H groups in total. The highest BCUT2D eigenvalue weighted by molar-refractivity contribution is 5.86. The monoisotopic (exact) mass is 232 g/mol. The van der Waals surface area contributed by atoms with Gasteiger partial charge in [0, 0.05) is 24.2 Å². The second kappa shape index (κ2) is 4.80. The van der Waals surface area contributed by atoms with Crippen LogP contribution >= 0.6 is 0 Å². The van der Waals surface area contributed by atoms with Crippen molar-refractivity contribution in [3.63, 3.8) is 0 Å². The molecule has 2 aromatic rings. The third kappa shape index (κ3) is 2.29. The molecule has 0 saturated carbocycles. The van der Waals surface area contributed by atoms with E-state index in [4.69, 9.17) is 4.74 Å². The van der Waals surface area contributed by atoms with Crippen LogP contribution in [0, 0.1) is 0 Å². The number of hydrogen-bond acceptors (Lipinski definition) is 2. The number of para-hydroxylation sites is 1. The molecule has 1 aromatic heterocycles. The van der Waals surface area contributed by atoms with Gasteiger partial charge in [0.2, 0.25) is 0 Å². The summed E-state index contributed by atoms with van der Waals surface area (Å²) in [4.78, 5) is 2.22. The van der Waals surface area contributed by atoms with Gasteiger partial charge in [-0.15, -0.1) is 0 Å². The molecule has 1 heterocycles. The van der Waals surface area contributed by atoms with E-state index in [2.05, 4.69) is 48.8 Å². The van der Waals surface area contributed by atoms with Gasteiger partial charge < -0.3 is 14.2 Å². The maximum Gasteiger partial charge on any atom is 0.143 e. The minimum atomic E-state index is 0.496. The van der Waals surface area contributed by atoms with Gasteiger partial charge in [-0.05, 0) is 33.2 Å². The predicted molar refractivity (Wildman–Crippen MR) is 71.6 cm³/mol. The molecule has 0 saturated heterocycles. The number of methoxy groups -OCH3 is 1. The Labute approximate surface area is 103 Å². The lowest BCUT2D eigenvalue weighted by Gasteiger charge is -2.21. The van der Waals surface area contributed by atoms with Crippen LogP contribution in [0.4, 0.5) is 0 Å². The molecule has 3 nitrogen and oxygen atoms in total. The first-order chi connectivity index (χ1) is 8.13. The normalized spacial score (nSPS) is 13.2. The summed E-state index contributed by atoms with van der Waals surface area (Å²) in [6.07, 6.45) is 2.13. The molecule has 0 unspecified atom stereocenters. The quantitative estimate of drug-likeness (QED) is 0.806. The summed E-state index contributed by atoms with van der Waals surface area (Å²) in [5, 5.41) is 1.23. The second-order valence-corrected chi connectivity index (χ2v) is 4.68. The average Bonchev–Trinajstić information content (AvgIpc) is 2.72. The number of hydrogen-bond donors (Lipinski definition) is 0. The van der Waals surface area contributed by atoms with Crippen molar-refractivity contribution in [3.8, 4) is 5.75 Å². The molecule has 0 spiro atoms. The van der Waals surface area contributed by atoms with Crippen molar-refractivity contribution >= 4 is 10.9 Å². The number of benzene rings is 1. The lowest BCUT2D eigenvalue weighted by atomic mass is 10.2. The third-order valence-electron chi connectivity index (χ3n) is 3.31. The number of fused-ring (bicyclic) bond motifs is 1. The van der Waals surface area contributed by atoms with E-state index < -0.39 is 0 Å². The van der Waals surface area contributed by atoms with Crippen molar-refractivity contribution in [2.75, 3.05) is 21.2 Å². The van der Waals surface area contributed by atoms with Crippen molar-refractivity contribution in [3.05, 3.63) is 30.5 Å². The Morgan fingerprint density at radius 1 is 1.29 bits per heavy atom. The summed E-state index contributed by atoms with van der Waals surface area (Å²) in [7, 11) is 5.93. The van der Waals surface area contributed by atoms with Crippen LogP contribution in [0.15, 0.2) is 30.5 Å². The number of rotatable bonds is 4. The van der Waals surface area contributed by atoms with E-state index in [9.17, 15) is 0 Å². The van der Waals surface area contributed by atoms with Crippen LogP contribution in [-0.2, 0) is 6.54 Å². The molecule has 92 valence electrons. The minimum absolute atomic E-state index is 0.496. The highest BCUT2D eigenvalue weighted by Crippen LogP contribution is 2.26. The maximum atomic E-state index is 5.43. The van der Waals surface area contributed by atoms with Crippen LogP contribution in [0.3, 0.4) is 0 Å². The van der Waals surface area contributed by atoms with E-state index in [0.717, 1.165) is 12.3 Å². The third-order valence-corrected chi connectivity index (χ3v) is 3.31. The van der Waals surface area contributed by atoms with Crippen LogP contribution in [0.25, 0.3) is 10.9 Å². The van der Waals surface area contributed by atoms with Gasteiger partial charge >= 0.3 is 0 Å². The van der Waals surface area contributed by atoms with Crippen LogP contribution in [0.5, 0.6) is 5.75 Å². The molecular formula is C14H20N2O. The van der Waals surface area contributed by atoms with Crippen molar-refractivity contribution in [1.82, 2.24) is 9.47 Å². The summed E-state index contributed by atoms with van der Waals surface area (Å²) in [6.45, 7) is 3.19. The van der Waals surface area contributed by atoms with Gasteiger partial charge in [0.1, 0.15) is 5.75 Å². The molecule has 0 aliphatic rings. The average molecular weight is 232 g/mol. The van der Waals surface area contributed by atoms with E-state index in [-0.39, 0.29) is 0 Å². The fraction of sp³-hybridized carbons (Fsp3) is 0.429. The summed E-state index contributed by atoms with van der Waals surface area (Å²) in [6, 6.07) is 8.80. The van der Waals surface area contributed by atoms with Gasteiger partial charge in [0.15, 0.2) is 0 Å². The minimum Gasteiger partial charge on any atom is -0.495 e. The first-order valence-corrected chi connectivity index (χ1v) is 5.91. The SMILES string of the molecule is COc1cccc2ccn(C[C@@H](C)N(C)C)c12. The van der Waals surface area contributed by atoms with Gasteiger partial charge in [0.25, 0.3) is 0 Å². The van der Waals surface area contributed by atoms with Gasteiger partial charge in [-0.1, -0.05) is 12.1 Å². The van der Waals surface area contributed by atoms with Crippen molar-refractivity contribution in [2.24, 2.45) is 0 Å². The first-order valence-electron chi connectivity index (χ1n) is 5.91.